The molecule has 0 aliphatic rings. The second-order valence-electron chi connectivity index (χ2n) is 7.32. The van der Waals surface area contributed by atoms with Crippen molar-refractivity contribution in [3.05, 3.63) is 77.4 Å². The van der Waals surface area contributed by atoms with E-state index in [0.29, 0.717) is 43.3 Å². The molecule has 7 nitrogen and oxygen atoms in total. The first-order chi connectivity index (χ1) is 15.9. The van der Waals surface area contributed by atoms with E-state index >= 15 is 0 Å². The third-order valence-electron chi connectivity index (χ3n) is 4.90. The van der Waals surface area contributed by atoms with Crippen LogP contribution in [0, 0.1) is 0 Å². The molecule has 3 aromatic rings. The van der Waals surface area contributed by atoms with Crippen molar-refractivity contribution in [1.29, 1.82) is 0 Å². The predicted molar refractivity (Wildman–Crippen MR) is 123 cm³/mol. The van der Waals surface area contributed by atoms with Gasteiger partial charge >= 0.3 is 5.97 Å². The van der Waals surface area contributed by atoms with Crippen LogP contribution in [0.15, 0.2) is 60.7 Å². The number of Topliss-reactive ketones (excluding diaryl/α,β-unsaturated/α-hetero) is 1. The summed E-state index contributed by atoms with van der Waals surface area (Å²) in [6.07, 6.45) is 1.26. The van der Waals surface area contributed by atoms with E-state index in [1.807, 2.05) is 6.92 Å². The number of carbonyl (C=O) groups excluding carboxylic acids is 1. The molecule has 0 unspecified atom stereocenters. The number of hydrogen-bond acceptors (Lipinski definition) is 6. The summed E-state index contributed by atoms with van der Waals surface area (Å²) in [5.41, 5.74) is 1.22. The number of aromatic hydroxyl groups is 1. The number of para-hydroxylation sites is 1. The Morgan fingerprint density at radius 3 is 2.30 bits per heavy atom. The van der Waals surface area contributed by atoms with E-state index in [2.05, 4.69) is 0 Å². The molecule has 0 saturated heterocycles. The maximum atomic E-state index is 11.6. The van der Waals surface area contributed by atoms with Crippen LogP contribution in [0.1, 0.15) is 46.5 Å². The van der Waals surface area contributed by atoms with Crippen molar-refractivity contribution in [2.45, 2.75) is 26.7 Å². The van der Waals surface area contributed by atoms with Crippen molar-refractivity contribution in [2.75, 3.05) is 13.2 Å². The number of carbonyl (C=O) groups is 2. The number of phenolic OH excluding ortho intramolecular Hbond substituents is 1. The van der Waals surface area contributed by atoms with Crippen LogP contribution in [-0.2, 0) is 6.42 Å². The first kappa shape index (κ1) is 23.7. The molecule has 0 heterocycles. The van der Waals surface area contributed by atoms with Crippen LogP contribution in [0.2, 0.25) is 0 Å². The maximum absolute atomic E-state index is 11.6. The number of ketones is 1. The normalized spacial score (nSPS) is 10.5. The van der Waals surface area contributed by atoms with Crippen molar-refractivity contribution in [2.24, 2.45) is 0 Å². The van der Waals surface area contributed by atoms with E-state index in [0.717, 1.165) is 5.56 Å². The SMILES string of the molecule is CCc1cc(C(C)=O)c(O)cc1OCCCOc1cccc(Oc2ccccc2C(=O)O)c1. The highest BCUT2D eigenvalue weighted by atomic mass is 16.5. The zero-order valence-corrected chi connectivity index (χ0v) is 18.5. The zero-order chi connectivity index (χ0) is 23.8. The fourth-order valence-electron chi connectivity index (χ4n) is 3.22. The Balaban J connectivity index is 1.54. The molecule has 2 N–H and O–H groups in total. The molecule has 0 aromatic heterocycles. The molecule has 0 aliphatic heterocycles. The molecule has 0 saturated carbocycles. The molecule has 0 fully saturated rings. The van der Waals surface area contributed by atoms with Gasteiger partial charge in [0.2, 0.25) is 0 Å². The quantitative estimate of drug-likeness (QED) is 0.294. The molecule has 3 aromatic carbocycles. The highest BCUT2D eigenvalue weighted by Crippen LogP contribution is 2.30. The van der Waals surface area contributed by atoms with Gasteiger partial charge in [-0.05, 0) is 49.2 Å². The average molecular weight is 450 g/mol. The smallest absolute Gasteiger partial charge is 0.339 e. The van der Waals surface area contributed by atoms with Crippen LogP contribution in [0.25, 0.3) is 0 Å². The van der Waals surface area contributed by atoms with Gasteiger partial charge in [0.1, 0.15) is 34.3 Å². The Bertz CT molecular complexity index is 1140. The van der Waals surface area contributed by atoms with Gasteiger partial charge < -0.3 is 24.4 Å². The summed E-state index contributed by atoms with van der Waals surface area (Å²) >= 11 is 0. The lowest BCUT2D eigenvalue weighted by molar-refractivity contribution is 0.0694. The molecule has 0 amide bonds. The van der Waals surface area contributed by atoms with Crippen molar-refractivity contribution in [3.8, 4) is 28.7 Å². The van der Waals surface area contributed by atoms with Crippen LogP contribution in [0.4, 0.5) is 0 Å². The van der Waals surface area contributed by atoms with Gasteiger partial charge in [-0.3, -0.25) is 4.79 Å². The lowest BCUT2D eigenvalue weighted by atomic mass is 10.0. The number of aryl methyl sites for hydroxylation is 1. The predicted octanol–water partition coefficient (Wildman–Crippen LogP) is 5.50. The van der Waals surface area contributed by atoms with Crippen LogP contribution in [0.3, 0.4) is 0 Å². The monoisotopic (exact) mass is 450 g/mol. The Kier molecular flexibility index (Phi) is 7.91. The summed E-state index contributed by atoms with van der Waals surface area (Å²) < 4.78 is 17.3. The number of hydrogen-bond donors (Lipinski definition) is 2. The van der Waals surface area contributed by atoms with Crippen molar-refractivity contribution in [1.82, 2.24) is 0 Å². The summed E-state index contributed by atoms with van der Waals surface area (Å²) in [5.74, 6) is 0.499. The molecule has 0 atom stereocenters. The second kappa shape index (κ2) is 11.0. The zero-order valence-electron chi connectivity index (χ0n) is 18.5. The van der Waals surface area contributed by atoms with Crippen LogP contribution < -0.4 is 14.2 Å². The number of rotatable bonds is 11. The van der Waals surface area contributed by atoms with Gasteiger partial charge in [0, 0.05) is 18.6 Å². The largest absolute Gasteiger partial charge is 0.507 e. The molecule has 0 aliphatic carbocycles. The van der Waals surface area contributed by atoms with Gasteiger partial charge in [-0.1, -0.05) is 25.1 Å². The Morgan fingerprint density at radius 1 is 0.848 bits per heavy atom. The molecule has 7 heteroatoms. The lowest BCUT2D eigenvalue weighted by Crippen LogP contribution is -2.07. The molecular weight excluding hydrogens is 424 g/mol. The molecule has 3 rings (SSSR count). The molecule has 172 valence electrons. The minimum atomic E-state index is -1.06. The summed E-state index contributed by atoms with van der Waals surface area (Å²) in [5, 5.41) is 19.3. The van der Waals surface area contributed by atoms with Crippen LogP contribution in [-0.4, -0.2) is 35.2 Å². The van der Waals surface area contributed by atoms with E-state index in [1.54, 1.807) is 48.5 Å². The van der Waals surface area contributed by atoms with E-state index in [4.69, 9.17) is 14.2 Å². The number of phenols is 1. The van der Waals surface area contributed by atoms with E-state index in [-0.39, 0.29) is 28.4 Å². The summed E-state index contributed by atoms with van der Waals surface area (Å²) in [4.78, 5) is 22.9. The van der Waals surface area contributed by atoms with Crippen LogP contribution >= 0.6 is 0 Å². The topological polar surface area (TPSA) is 102 Å². The van der Waals surface area contributed by atoms with E-state index in [9.17, 15) is 19.8 Å². The highest BCUT2D eigenvalue weighted by Gasteiger charge is 2.13. The molecule has 0 radical (unpaired) electrons. The summed E-state index contributed by atoms with van der Waals surface area (Å²) in [6.45, 7) is 4.12. The van der Waals surface area contributed by atoms with Gasteiger partial charge in [0.25, 0.3) is 0 Å². The lowest BCUT2D eigenvalue weighted by Gasteiger charge is -2.13. The second-order valence-corrected chi connectivity index (χ2v) is 7.32. The Morgan fingerprint density at radius 2 is 1.58 bits per heavy atom. The van der Waals surface area contributed by atoms with Crippen molar-refractivity contribution in [3.63, 3.8) is 0 Å². The van der Waals surface area contributed by atoms with Gasteiger partial charge in [0.15, 0.2) is 5.78 Å². The maximum Gasteiger partial charge on any atom is 0.339 e. The fourth-order valence-corrected chi connectivity index (χ4v) is 3.22. The number of aromatic carboxylic acids is 1. The van der Waals surface area contributed by atoms with E-state index < -0.39 is 5.97 Å². The number of carboxylic acids is 1. The molecular formula is C26H26O7. The van der Waals surface area contributed by atoms with Crippen molar-refractivity contribution < 1.29 is 34.0 Å². The molecule has 0 bridgehead atoms. The number of benzene rings is 3. The molecule has 33 heavy (non-hydrogen) atoms. The number of carboxylic acid groups (broad SMARTS) is 1. The standard InChI is InChI=1S/C26H26O7/c1-3-18-14-22(17(2)27)23(28)16-25(18)32-13-7-12-31-19-8-6-9-20(15-19)33-24-11-5-4-10-21(24)26(29)30/h4-6,8-11,14-16,28H,3,7,12-13H2,1-2H3,(H,29,30). The first-order valence-electron chi connectivity index (χ1n) is 10.6. The third-order valence-corrected chi connectivity index (χ3v) is 4.90. The van der Waals surface area contributed by atoms with Gasteiger partial charge in [0.05, 0.1) is 18.8 Å². The van der Waals surface area contributed by atoms with E-state index in [1.165, 1.54) is 19.1 Å². The van der Waals surface area contributed by atoms with Gasteiger partial charge in [-0.15, -0.1) is 0 Å². The van der Waals surface area contributed by atoms with Crippen LogP contribution in [0.5, 0.6) is 28.7 Å². The Labute approximate surface area is 192 Å². The summed E-state index contributed by atoms with van der Waals surface area (Å²) in [6, 6.07) is 16.5. The average Bonchev–Trinajstić information content (AvgIpc) is 2.79. The highest BCUT2D eigenvalue weighted by molar-refractivity contribution is 5.97. The molecule has 0 spiro atoms. The first-order valence-corrected chi connectivity index (χ1v) is 10.6. The fraction of sp³-hybridized carbons (Fsp3) is 0.231. The minimum Gasteiger partial charge on any atom is -0.507 e. The van der Waals surface area contributed by atoms with Gasteiger partial charge in [-0.25, -0.2) is 4.79 Å². The van der Waals surface area contributed by atoms with Crippen molar-refractivity contribution >= 4 is 11.8 Å². The summed E-state index contributed by atoms with van der Waals surface area (Å²) in [7, 11) is 0. The number of ether oxygens (including phenoxy) is 3. The third kappa shape index (κ3) is 6.26. The van der Waals surface area contributed by atoms with Gasteiger partial charge in [-0.2, -0.15) is 0 Å². The Hall–Kier alpha value is -4.00. The minimum absolute atomic E-state index is 0.0785.